The van der Waals surface area contributed by atoms with Crippen LogP contribution in [-0.4, -0.2) is 60.4 Å². The third-order valence-electron chi connectivity index (χ3n) is 4.47. The molecule has 1 amide bonds. The van der Waals surface area contributed by atoms with Gasteiger partial charge in [-0.15, -0.1) is 5.10 Å². The fraction of sp³-hybridized carbons (Fsp3) is 0.211. The van der Waals surface area contributed by atoms with E-state index in [1.807, 2.05) is 24.3 Å². The number of rotatable bonds is 5. The Kier molecular flexibility index (Phi) is 4.56. The highest BCUT2D eigenvalue weighted by atomic mass is 19.1. The first-order valence-electron chi connectivity index (χ1n) is 8.69. The minimum Gasteiger partial charge on any atom is -0.339 e. The van der Waals surface area contributed by atoms with Crippen LogP contribution in [0.25, 0.3) is 28.3 Å². The minimum absolute atomic E-state index is 0.0326. The summed E-state index contributed by atoms with van der Waals surface area (Å²) in [6, 6.07) is 7.41. The molecule has 9 heteroatoms. The van der Waals surface area contributed by atoms with Gasteiger partial charge in [-0.1, -0.05) is 0 Å². The van der Waals surface area contributed by atoms with E-state index in [0.29, 0.717) is 22.7 Å². The van der Waals surface area contributed by atoms with Crippen LogP contribution in [0, 0.1) is 0 Å². The Balaban J connectivity index is 1.76. The quantitative estimate of drug-likeness (QED) is 0.531. The van der Waals surface area contributed by atoms with Crippen molar-refractivity contribution in [2.45, 2.75) is 0 Å². The number of alkyl halides is 1. The van der Waals surface area contributed by atoms with Crippen LogP contribution in [0.15, 0.2) is 49.1 Å². The molecule has 0 N–H and O–H groups in total. The molecule has 0 aliphatic heterocycles. The summed E-state index contributed by atoms with van der Waals surface area (Å²) in [5, 5.41) is 8.68. The predicted octanol–water partition coefficient (Wildman–Crippen LogP) is 2.23. The van der Waals surface area contributed by atoms with E-state index in [-0.39, 0.29) is 12.5 Å². The number of nitrogens with zero attached hydrogens (tertiary/aromatic N) is 7. The van der Waals surface area contributed by atoms with Crippen LogP contribution in [0.5, 0.6) is 0 Å². The Labute approximate surface area is 160 Å². The van der Waals surface area contributed by atoms with Crippen LogP contribution in [0.4, 0.5) is 4.39 Å². The first-order chi connectivity index (χ1) is 13.6. The molecule has 4 aromatic heterocycles. The second-order valence-corrected chi connectivity index (χ2v) is 6.34. The van der Waals surface area contributed by atoms with Gasteiger partial charge in [0.25, 0.3) is 5.91 Å². The van der Waals surface area contributed by atoms with Gasteiger partial charge in [-0.2, -0.15) is 5.10 Å². The number of pyridine rings is 2. The monoisotopic (exact) mass is 379 g/mol. The number of hydrogen-bond donors (Lipinski definition) is 0. The number of amides is 1. The molecule has 142 valence electrons. The fourth-order valence-electron chi connectivity index (χ4n) is 3.02. The topological polar surface area (TPSA) is 81.2 Å². The van der Waals surface area contributed by atoms with E-state index < -0.39 is 6.67 Å². The molecule has 4 heterocycles. The predicted molar refractivity (Wildman–Crippen MR) is 101 cm³/mol. The molecule has 8 nitrogen and oxygen atoms in total. The Morgan fingerprint density at radius 1 is 1.25 bits per heavy atom. The van der Waals surface area contributed by atoms with Gasteiger partial charge in [0.2, 0.25) is 0 Å². The number of aromatic nitrogens is 6. The molecule has 0 bridgehead atoms. The van der Waals surface area contributed by atoms with Crippen molar-refractivity contribution in [3.63, 3.8) is 0 Å². The van der Waals surface area contributed by atoms with E-state index in [1.54, 1.807) is 41.9 Å². The zero-order chi connectivity index (χ0) is 19.7. The van der Waals surface area contributed by atoms with Crippen molar-refractivity contribution in [2.24, 2.45) is 7.05 Å². The van der Waals surface area contributed by atoms with Crippen LogP contribution in [0.1, 0.15) is 10.4 Å². The summed E-state index contributed by atoms with van der Waals surface area (Å²) in [4.78, 5) is 22.7. The molecule has 0 radical (unpaired) electrons. The van der Waals surface area contributed by atoms with Crippen molar-refractivity contribution in [3.05, 3.63) is 54.6 Å². The Hall–Kier alpha value is -3.62. The third-order valence-corrected chi connectivity index (χ3v) is 4.47. The lowest BCUT2D eigenvalue weighted by molar-refractivity contribution is 0.0787. The number of aryl methyl sites for hydroxylation is 1. The summed E-state index contributed by atoms with van der Waals surface area (Å²) in [6.45, 7) is -0.564. The van der Waals surface area contributed by atoms with E-state index in [1.165, 1.54) is 11.1 Å². The number of fused-ring (bicyclic) bond motifs is 1. The summed E-state index contributed by atoms with van der Waals surface area (Å²) in [5.74, 6) is 0.285. The highest BCUT2D eigenvalue weighted by Crippen LogP contribution is 2.26. The van der Waals surface area contributed by atoms with Crippen LogP contribution in [0.3, 0.4) is 0 Å². The van der Waals surface area contributed by atoms with E-state index in [2.05, 4.69) is 20.2 Å². The van der Waals surface area contributed by atoms with Crippen molar-refractivity contribution in [1.29, 1.82) is 0 Å². The van der Waals surface area contributed by atoms with Crippen molar-refractivity contribution >= 4 is 11.6 Å². The maximum atomic E-state index is 12.7. The lowest BCUT2D eigenvalue weighted by Gasteiger charge is -2.15. The van der Waals surface area contributed by atoms with Gasteiger partial charge in [0.1, 0.15) is 6.67 Å². The minimum atomic E-state index is -0.597. The molecule has 0 aromatic carbocycles. The number of halogens is 1. The summed E-state index contributed by atoms with van der Waals surface area (Å²) in [5.41, 5.74) is 3.28. The fourth-order valence-corrected chi connectivity index (χ4v) is 3.02. The first kappa shape index (κ1) is 17.8. The summed E-state index contributed by atoms with van der Waals surface area (Å²) < 4.78 is 15.9. The average molecular weight is 379 g/mol. The standard InChI is InChI=1S/C19H18FN7O/c1-25(9-6-20)19(28)15-12-22-26(2)17(15)13-5-8-27-16(10-13)23-18(24-27)14-4-3-7-21-11-14/h3-5,7-8,10-12H,6,9H2,1-2H3. The van der Waals surface area contributed by atoms with Crippen LogP contribution < -0.4 is 0 Å². The van der Waals surface area contributed by atoms with Crippen LogP contribution in [-0.2, 0) is 7.05 Å². The van der Waals surface area contributed by atoms with E-state index in [0.717, 1.165) is 11.1 Å². The summed E-state index contributed by atoms with van der Waals surface area (Å²) >= 11 is 0. The summed E-state index contributed by atoms with van der Waals surface area (Å²) in [7, 11) is 3.33. The van der Waals surface area contributed by atoms with Crippen molar-refractivity contribution in [1.82, 2.24) is 34.3 Å². The molecule has 4 aromatic rings. The molecule has 0 fully saturated rings. The molecule has 0 spiro atoms. The molecular formula is C19H18FN7O. The molecule has 0 atom stereocenters. The molecule has 28 heavy (non-hydrogen) atoms. The van der Waals surface area contributed by atoms with Gasteiger partial charge in [-0.05, 0) is 24.3 Å². The van der Waals surface area contributed by atoms with Gasteiger partial charge in [-0.3, -0.25) is 14.5 Å². The van der Waals surface area contributed by atoms with Crippen molar-refractivity contribution in [2.75, 3.05) is 20.3 Å². The summed E-state index contributed by atoms with van der Waals surface area (Å²) in [6.07, 6.45) is 6.68. The number of hydrogen-bond acceptors (Lipinski definition) is 5. The SMILES string of the molecule is CN(CCF)C(=O)c1cnn(C)c1-c1ccn2nc(-c3cccnc3)nc2c1. The van der Waals surface area contributed by atoms with Gasteiger partial charge in [0, 0.05) is 50.4 Å². The second kappa shape index (κ2) is 7.18. The van der Waals surface area contributed by atoms with E-state index >= 15 is 0 Å². The highest BCUT2D eigenvalue weighted by Gasteiger charge is 2.21. The van der Waals surface area contributed by atoms with Gasteiger partial charge in [0.05, 0.1) is 17.5 Å². The van der Waals surface area contributed by atoms with Gasteiger partial charge < -0.3 is 4.90 Å². The average Bonchev–Trinajstić information content (AvgIpc) is 3.31. The second-order valence-electron chi connectivity index (χ2n) is 6.34. The maximum Gasteiger partial charge on any atom is 0.257 e. The molecule has 0 aliphatic carbocycles. The molecule has 4 rings (SSSR count). The van der Waals surface area contributed by atoms with Gasteiger partial charge >= 0.3 is 0 Å². The van der Waals surface area contributed by atoms with Gasteiger partial charge in [-0.25, -0.2) is 13.9 Å². The zero-order valence-electron chi connectivity index (χ0n) is 15.4. The van der Waals surface area contributed by atoms with Crippen molar-refractivity contribution in [3.8, 4) is 22.6 Å². The lowest BCUT2D eigenvalue weighted by Crippen LogP contribution is -2.28. The molecule has 0 aliphatic rings. The lowest BCUT2D eigenvalue weighted by atomic mass is 10.1. The first-order valence-corrected chi connectivity index (χ1v) is 8.69. The zero-order valence-corrected chi connectivity index (χ0v) is 15.4. The number of carbonyl (C=O) groups excluding carboxylic acids is 1. The third kappa shape index (κ3) is 3.11. The van der Waals surface area contributed by atoms with E-state index in [4.69, 9.17) is 0 Å². The van der Waals surface area contributed by atoms with Gasteiger partial charge in [0.15, 0.2) is 11.5 Å². The smallest absolute Gasteiger partial charge is 0.257 e. The molecular weight excluding hydrogens is 361 g/mol. The largest absolute Gasteiger partial charge is 0.339 e. The van der Waals surface area contributed by atoms with E-state index in [9.17, 15) is 9.18 Å². The van der Waals surface area contributed by atoms with Crippen LogP contribution in [0.2, 0.25) is 0 Å². The number of carbonyl (C=O) groups is 1. The maximum absolute atomic E-state index is 12.7. The Bertz CT molecular complexity index is 1140. The Morgan fingerprint density at radius 2 is 2.11 bits per heavy atom. The normalized spacial score (nSPS) is 11.1. The molecule has 0 unspecified atom stereocenters. The van der Waals surface area contributed by atoms with Crippen LogP contribution >= 0.6 is 0 Å². The molecule has 0 saturated heterocycles. The van der Waals surface area contributed by atoms with Crippen molar-refractivity contribution < 1.29 is 9.18 Å². The molecule has 0 saturated carbocycles. The Morgan fingerprint density at radius 3 is 2.86 bits per heavy atom. The highest BCUT2D eigenvalue weighted by molar-refractivity contribution is 6.00.